The molecule has 2 unspecified atom stereocenters. The van der Waals surface area contributed by atoms with Crippen molar-refractivity contribution in [1.29, 1.82) is 0 Å². The van der Waals surface area contributed by atoms with E-state index in [1.54, 1.807) is 0 Å². The molecule has 1 aromatic carbocycles. The second-order valence-electron chi connectivity index (χ2n) is 6.88. The molecule has 0 aromatic heterocycles. The zero-order valence-electron chi connectivity index (χ0n) is 13.2. The van der Waals surface area contributed by atoms with Crippen LogP contribution in [-0.2, 0) is 0 Å². The van der Waals surface area contributed by atoms with E-state index in [-0.39, 0.29) is 12.1 Å². The van der Waals surface area contributed by atoms with Crippen molar-refractivity contribution in [2.75, 3.05) is 13.1 Å². The molecule has 2 rings (SSSR count). The summed E-state index contributed by atoms with van der Waals surface area (Å²) in [6.45, 7) is 9.14. The summed E-state index contributed by atoms with van der Waals surface area (Å²) in [7, 11) is 0. The van der Waals surface area contributed by atoms with Crippen LogP contribution in [0.5, 0.6) is 0 Å². The molecule has 1 aromatic rings. The number of rotatable bonds is 4. The number of aliphatic hydroxyl groups is 1. The Morgan fingerprint density at radius 1 is 1.15 bits per heavy atom. The summed E-state index contributed by atoms with van der Waals surface area (Å²) in [5.74, 6) is 0. The van der Waals surface area contributed by atoms with E-state index in [1.807, 2.05) is 30.3 Å². The van der Waals surface area contributed by atoms with Crippen molar-refractivity contribution in [3.8, 4) is 0 Å². The van der Waals surface area contributed by atoms with E-state index in [9.17, 15) is 5.11 Å². The van der Waals surface area contributed by atoms with Crippen LogP contribution in [0.2, 0.25) is 0 Å². The Balaban J connectivity index is 2.08. The summed E-state index contributed by atoms with van der Waals surface area (Å²) in [5, 5.41) is 10.7. The summed E-state index contributed by atoms with van der Waals surface area (Å²) >= 11 is 0. The van der Waals surface area contributed by atoms with Crippen molar-refractivity contribution in [2.24, 2.45) is 5.41 Å². The van der Waals surface area contributed by atoms with Crippen LogP contribution in [0.3, 0.4) is 0 Å². The van der Waals surface area contributed by atoms with Gasteiger partial charge in [-0.1, -0.05) is 51.1 Å². The highest BCUT2D eigenvalue weighted by Gasteiger charge is 2.30. The maximum absolute atomic E-state index is 10.7. The average Bonchev–Trinajstić information content (AvgIpc) is 2.62. The van der Waals surface area contributed by atoms with Gasteiger partial charge in [0.2, 0.25) is 0 Å². The Morgan fingerprint density at radius 2 is 1.85 bits per heavy atom. The van der Waals surface area contributed by atoms with Crippen LogP contribution >= 0.6 is 0 Å². The fourth-order valence-corrected chi connectivity index (χ4v) is 3.33. The molecule has 0 saturated carbocycles. The van der Waals surface area contributed by atoms with E-state index in [4.69, 9.17) is 0 Å². The quantitative estimate of drug-likeness (QED) is 0.897. The summed E-state index contributed by atoms with van der Waals surface area (Å²) < 4.78 is 0. The average molecular weight is 275 g/mol. The van der Waals surface area contributed by atoms with Crippen LogP contribution in [0.4, 0.5) is 0 Å². The number of likely N-dealkylation sites (tertiary alicyclic amines) is 1. The minimum Gasteiger partial charge on any atom is -0.387 e. The van der Waals surface area contributed by atoms with Crippen LogP contribution in [-0.4, -0.2) is 29.1 Å². The minimum absolute atomic E-state index is 0.242. The Morgan fingerprint density at radius 3 is 2.50 bits per heavy atom. The van der Waals surface area contributed by atoms with Gasteiger partial charge in [0.25, 0.3) is 0 Å². The molecule has 1 N–H and O–H groups in total. The van der Waals surface area contributed by atoms with E-state index in [2.05, 4.69) is 25.7 Å². The van der Waals surface area contributed by atoms with Crippen LogP contribution in [0.1, 0.15) is 58.1 Å². The first kappa shape index (κ1) is 15.5. The van der Waals surface area contributed by atoms with Gasteiger partial charge in [-0.15, -0.1) is 0 Å². The Bertz CT molecular complexity index is 401. The van der Waals surface area contributed by atoms with Crippen molar-refractivity contribution in [2.45, 2.75) is 58.6 Å². The third-order valence-electron chi connectivity index (χ3n) is 4.77. The SMILES string of the molecule is CCC(C(O)c1ccccc1)N1CCCC(C)(C)CC1. The summed E-state index contributed by atoms with van der Waals surface area (Å²) in [5.41, 5.74) is 1.49. The molecule has 1 saturated heterocycles. The Labute approximate surface area is 123 Å². The van der Waals surface area contributed by atoms with Crippen molar-refractivity contribution in [3.05, 3.63) is 35.9 Å². The predicted molar refractivity (Wildman–Crippen MR) is 84.7 cm³/mol. The zero-order chi connectivity index (χ0) is 14.6. The number of aliphatic hydroxyl groups excluding tert-OH is 1. The lowest BCUT2D eigenvalue weighted by molar-refractivity contribution is 0.0459. The highest BCUT2D eigenvalue weighted by molar-refractivity contribution is 5.19. The maximum Gasteiger partial charge on any atom is 0.0945 e. The van der Waals surface area contributed by atoms with Gasteiger partial charge in [0, 0.05) is 6.04 Å². The van der Waals surface area contributed by atoms with Crippen molar-refractivity contribution < 1.29 is 5.11 Å². The molecule has 0 aliphatic carbocycles. The molecule has 2 heteroatoms. The molecule has 0 bridgehead atoms. The summed E-state index contributed by atoms with van der Waals surface area (Å²) in [4.78, 5) is 2.51. The van der Waals surface area contributed by atoms with Crippen molar-refractivity contribution in [3.63, 3.8) is 0 Å². The largest absolute Gasteiger partial charge is 0.387 e. The van der Waals surface area contributed by atoms with E-state index in [0.717, 1.165) is 25.1 Å². The molecule has 1 fully saturated rings. The molecule has 0 amide bonds. The lowest BCUT2D eigenvalue weighted by Gasteiger charge is -2.34. The fraction of sp³-hybridized carbons (Fsp3) is 0.667. The molecule has 1 aliphatic rings. The third-order valence-corrected chi connectivity index (χ3v) is 4.77. The van der Waals surface area contributed by atoms with Gasteiger partial charge in [-0.05, 0) is 49.8 Å². The number of benzene rings is 1. The fourth-order valence-electron chi connectivity index (χ4n) is 3.33. The smallest absolute Gasteiger partial charge is 0.0945 e. The lowest BCUT2D eigenvalue weighted by atomic mass is 9.85. The zero-order valence-corrected chi connectivity index (χ0v) is 13.2. The van der Waals surface area contributed by atoms with Crippen LogP contribution in [0.15, 0.2) is 30.3 Å². The van der Waals surface area contributed by atoms with Gasteiger partial charge in [-0.3, -0.25) is 4.90 Å². The molecule has 2 nitrogen and oxygen atoms in total. The Kier molecular flexibility index (Phi) is 5.22. The van der Waals surface area contributed by atoms with Gasteiger partial charge in [0.1, 0.15) is 0 Å². The molecule has 2 atom stereocenters. The van der Waals surface area contributed by atoms with Gasteiger partial charge in [0.15, 0.2) is 0 Å². The lowest BCUT2D eigenvalue weighted by Crippen LogP contribution is -2.40. The number of hydrogen-bond donors (Lipinski definition) is 1. The highest BCUT2D eigenvalue weighted by atomic mass is 16.3. The van der Waals surface area contributed by atoms with Crippen molar-refractivity contribution in [1.82, 2.24) is 4.90 Å². The molecule has 1 heterocycles. The second-order valence-corrected chi connectivity index (χ2v) is 6.88. The molecule has 112 valence electrons. The monoisotopic (exact) mass is 275 g/mol. The summed E-state index contributed by atoms with van der Waals surface area (Å²) in [6, 6.07) is 10.3. The van der Waals surface area contributed by atoms with Crippen molar-refractivity contribution >= 4 is 0 Å². The van der Waals surface area contributed by atoms with Crippen LogP contribution in [0.25, 0.3) is 0 Å². The highest BCUT2D eigenvalue weighted by Crippen LogP contribution is 2.32. The van der Waals surface area contributed by atoms with E-state index < -0.39 is 0 Å². The molecular weight excluding hydrogens is 246 g/mol. The van der Waals surface area contributed by atoms with E-state index >= 15 is 0 Å². The molecule has 0 radical (unpaired) electrons. The molecule has 1 aliphatic heterocycles. The standard InChI is InChI=1S/C18H29NO/c1-4-16(17(20)15-9-6-5-7-10-15)19-13-8-11-18(2,3)12-14-19/h5-7,9-10,16-17,20H,4,8,11-14H2,1-3H3. The first-order valence-corrected chi connectivity index (χ1v) is 8.00. The van der Waals surface area contributed by atoms with Crippen LogP contribution in [0, 0.1) is 5.41 Å². The maximum atomic E-state index is 10.7. The van der Waals surface area contributed by atoms with E-state index in [1.165, 1.54) is 19.3 Å². The van der Waals surface area contributed by atoms with Gasteiger partial charge >= 0.3 is 0 Å². The van der Waals surface area contributed by atoms with Gasteiger partial charge in [-0.25, -0.2) is 0 Å². The first-order valence-electron chi connectivity index (χ1n) is 8.00. The minimum atomic E-state index is -0.373. The van der Waals surface area contributed by atoms with E-state index in [0.29, 0.717) is 5.41 Å². The van der Waals surface area contributed by atoms with Gasteiger partial charge in [0.05, 0.1) is 6.10 Å². The number of nitrogens with zero attached hydrogens (tertiary/aromatic N) is 1. The topological polar surface area (TPSA) is 23.5 Å². The van der Waals surface area contributed by atoms with Crippen LogP contribution < -0.4 is 0 Å². The molecule has 20 heavy (non-hydrogen) atoms. The number of hydrogen-bond acceptors (Lipinski definition) is 2. The first-order chi connectivity index (χ1) is 9.53. The normalized spacial score (nSPS) is 23.0. The van der Waals surface area contributed by atoms with Gasteiger partial charge in [-0.2, -0.15) is 0 Å². The summed E-state index contributed by atoms with van der Waals surface area (Å²) in [6.07, 6.45) is 4.39. The third kappa shape index (κ3) is 3.83. The Hall–Kier alpha value is -0.860. The second kappa shape index (κ2) is 6.73. The molecule has 0 spiro atoms. The predicted octanol–water partition coefficient (Wildman–Crippen LogP) is 4.01. The molecular formula is C18H29NO. The van der Waals surface area contributed by atoms with Gasteiger partial charge < -0.3 is 5.11 Å².